The van der Waals surface area contributed by atoms with E-state index in [0.717, 1.165) is 46.8 Å². The van der Waals surface area contributed by atoms with Gasteiger partial charge in [0.15, 0.2) is 0 Å². The Morgan fingerprint density at radius 3 is 2.29 bits per heavy atom. The van der Waals surface area contributed by atoms with Crippen LogP contribution in [0, 0.1) is 0 Å². The Balaban J connectivity index is 1.27. The van der Waals surface area contributed by atoms with Crippen molar-refractivity contribution in [1.29, 1.82) is 0 Å². The number of nitrogens with one attached hydrogen (secondary N) is 1. The molecule has 0 spiro atoms. The highest BCUT2D eigenvalue weighted by atomic mass is 16.5. The zero-order chi connectivity index (χ0) is 24.0. The number of rotatable bonds is 8. The third kappa shape index (κ3) is 5.09. The summed E-state index contributed by atoms with van der Waals surface area (Å²) in [5, 5.41) is 2.96. The first-order valence-corrected chi connectivity index (χ1v) is 11.9. The molecule has 0 saturated heterocycles. The number of carbonyl (C=O) groups is 1. The molecule has 1 amide bonds. The summed E-state index contributed by atoms with van der Waals surface area (Å²) < 4.78 is 7.68. The van der Waals surface area contributed by atoms with Gasteiger partial charge in [-0.25, -0.2) is 4.98 Å². The van der Waals surface area contributed by atoms with Crippen LogP contribution in [-0.2, 0) is 12.8 Å². The molecule has 5 heteroatoms. The minimum Gasteiger partial charge on any atom is -0.494 e. The van der Waals surface area contributed by atoms with Crippen molar-refractivity contribution in [2.45, 2.75) is 19.8 Å². The highest BCUT2D eigenvalue weighted by Crippen LogP contribution is 2.23. The number of para-hydroxylation sites is 3. The molecule has 1 N–H and O–H groups in total. The maximum absolute atomic E-state index is 12.6. The van der Waals surface area contributed by atoms with Crippen molar-refractivity contribution < 1.29 is 9.53 Å². The first kappa shape index (κ1) is 22.4. The van der Waals surface area contributed by atoms with Gasteiger partial charge in [-0.1, -0.05) is 42.5 Å². The molecular weight excluding hydrogens is 434 g/mol. The number of aryl methyl sites for hydroxylation is 2. The predicted octanol–water partition coefficient (Wildman–Crippen LogP) is 6.46. The van der Waals surface area contributed by atoms with E-state index in [4.69, 9.17) is 9.72 Å². The van der Waals surface area contributed by atoms with E-state index < -0.39 is 0 Å². The largest absolute Gasteiger partial charge is 0.494 e. The quantitative estimate of drug-likeness (QED) is 0.288. The lowest BCUT2D eigenvalue weighted by molar-refractivity contribution is 0.102. The lowest BCUT2D eigenvalue weighted by Gasteiger charge is -2.10. The Labute approximate surface area is 205 Å². The van der Waals surface area contributed by atoms with Crippen LogP contribution in [0.3, 0.4) is 0 Å². The van der Waals surface area contributed by atoms with Crippen LogP contribution in [0.2, 0.25) is 0 Å². The SMILES string of the molecule is CCOc1ccc(C(=O)Nc2ccc(CCc3nc4ccccc4n3-c3ccccc3)cc2)cc1. The molecule has 1 aromatic heterocycles. The van der Waals surface area contributed by atoms with E-state index in [1.54, 1.807) is 12.1 Å². The molecule has 0 aliphatic rings. The van der Waals surface area contributed by atoms with E-state index in [0.29, 0.717) is 12.2 Å². The van der Waals surface area contributed by atoms with Crippen molar-refractivity contribution in [2.75, 3.05) is 11.9 Å². The molecule has 0 radical (unpaired) electrons. The van der Waals surface area contributed by atoms with Gasteiger partial charge in [-0.3, -0.25) is 9.36 Å². The third-order valence-corrected chi connectivity index (χ3v) is 5.92. The van der Waals surface area contributed by atoms with Crippen LogP contribution >= 0.6 is 0 Å². The number of nitrogens with zero attached hydrogens (tertiary/aromatic N) is 2. The number of hydrogen-bond donors (Lipinski definition) is 1. The highest BCUT2D eigenvalue weighted by Gasteiger charge is 2.12. The van der Waals surface area contributed by atoms with Gasteiger partial charge >= 0.3 is 0 Å². The molecule has 174 valence electrons. The predicted molar refractivity (Wildman–Crippen MR) is 140 cm³/mol. The van der Waals surface area contributed by atoms with Crippen LogP contribution in [-0.4, -0.2) is 22.1 Å². The first-order chi connectivity index (χ1) is 17.2. The van der Waals surface area contributed by atoms with E-state index in [1.807, 2.05) is 61.5 Å². The number of aromatic nitrogens is 2. The average Bonchev–Trinajstić information content (AvgIpc) is 3.28. The molecule has 0 atom stereocenters. The zero-order valence-corrected chi connectivity index (χ0v) is 19.6. The number of imidazole rings is 1. The summed E-state index contributed by atoms with van der Waals surface area (Å²) in [6.07, 6.45) is 1.66. The average molecular weight is 462 g/mol. The van der Waals surface area contributed by atoms with Crippen molar-refractivity contribution in [3.63, 3.8) is 0 Å². The van der Waals surface area contributed by atoms with E-state index in [9.17, 15) is 4.79 Å². The fourth-order valence-corrected chi connectivity index (χ4v) is 4.19. The number of amides is 1. The Morgan fingerprint density at radius 2 is 1.54 bits per heavy atom. The van der Waals surface area contributed by atoms with Gasteiger partial charge in [0, 0.05) is 23.4 Å². The molecule has 5 nitrogen and oxygen atoms in total. The van der Waals surface area contributed by atoms with Crippen LogP contribution in [0.25, 0.3) is 16.7 Å². The number of ether oxygens (including phenoxy) is 1. The van der Waals surface area contributed by atoms with Crippen molar-refractivity contribution in [2.24, 2.45) is 0 Å². The van der Waals surface area contributed by atoms with Gasteiger partial charge in [-0.15, -0.1) is 0 Å². The second kappa shape index (κ2) is 10.3. The summed E-state index contributed by atoms with van der Waals surface area (Å²) in [5.41, 5.74) is 5.78. The topological polar surface area (TPSA) is 56.1 Å². The molecule has 35 heavy (non-hydrogen) atoms. The smallest absolute Gasteiger partial charge is 0.255 e. The Kier molecular flexibility index (Phi) is 6.57. The Bertz CT molecular complexity index is 1420. The van der Waals surface area contributed by atoms with Gasteiger partial charge in [0.05, 0.1) is 17.6 Å². The van der Waals surface area contributed by atoms with Crippen molar-refractivity contribution in [3.8, 4) is 11.4 Å². The van der Waals surface area contributed by atoms with Crippen LogP contribution < -0.4 is 10.1 Å². The van der Waals surface area contributed by atoms with Gasteiger partial charge in [-0.2, -0.15) is 0 Å². The van der Waals surface area contributed by atoms with Gasteiger partial charge in [0.2, 0.25) is 0 Å². The molecule has 5 aromatic rings. The molecule has 0 bridgehead atoms. The number of carbonyl (C=O) groups excluding carboxylic acids is 1. The first-order valence-electron chi connectivity index (χ1n) is 11.9. The van der Waals surface area contributed by atoms with E-state index >= 15 is 0 Å². The normalized spacial score (nSPS) is 10.9. The maximum Gasteiger partial charge on any atom is 0.255 e. The fourth-order valence-electron chi connectivity index (χ4n) is 4.19. The second-order valence-electron chi connectivity index (χ2n) is 8.30. The lowest BCUT2D eigenvalue weighted by Crippen LogP contribution is -2.11. The molecule has 0 saturated carbocycles. The zero-order valence-electron chi connectivity index (χ0n) is 19.6. The summed E-state index contributed by atoms with van der Waals surface area (Å²) in [5.74, 6) is 1.65. The van der Waals surface area contributed by atoms with Crippen molar-refractivity contribution in [1.82, 2.24) is 9.55 Å². The standard InChI is InChI=1S/C30H27N3O2/c1-2-35-26-19-15-23(16-20-26)30(34)31-24-17-12-22(13-18-24)14-21-29-32-27-10-6-7-11-28(27)33(29)25-8-4-3-5-9-25/h3-13,15-20H,2,14,21H2,1H3,(H,31,34). The van der Waals surface area contributed by atoms with Crippen LogP contribution in [0.5, 0.6) is 5.75 Å². The van der Waals surface area contributed by atoms with E-state index in [1.165, 1.54) is 5.56 Å². The molecule has 0 aliphatic carbocycles. The lowest BCUT2D eigenvalue weighted by atomic mass is 10.1. The summed E-state index contributed by atoms with van der Waals surface area (Å²) in [4.78, 5) is 17.5. The molecule has 1 heterocycles. The Hall–Kier alpha value is -4.38. The van der Waals surface area contributed by atoms with Crippen LogP contribution in [0.4, 0.5) is 5.69 Å². The maximum atomic E-state index is 12.6. The van der Waals surface area contributed by atoms with Crippen LogP contribution in [0.15, 0.2) is 103 Å². The van der Waals surface area contributed by atoms with Crippen molar-refractivity contribution >= 4 is 22.6 Å². The number of hydrogen-bond acceptors (Lipinski definition) is 3. The minimum atomic E-state index is -0.141. The second-order valence-corrected chi connectivity index (χ2v) is 8.30. The molecule has 0 aliphatic heterocycles. The third-order valence-electron chi connectivity index (χ3n) is 5.92. The van der Waals surface area contributed by atoms with Crippen LogP contribution in [0.1, 0.15) is 28.7 Å². The molecule has 0 fully saturated rings. The summed E-state index contributed by atoms with van der Waals surface area (Å²) in [7, 11) is 0. The molecule has 4 aromatic carbocycles. The summed E-state index contributed by atoms with van der Waals surface area (Å²) in [6.45, 7) is 2.53. The molecular formula is C30H27N3O2. The van der Waals surface area contributed by atoms with Crippen molar-refractivity contribution in [3.05, 3.63) is 120 Å². The highest BCUT2D eigenvalue weighted by molar-refractivity contribution is 6.04. The molecule has 5 rings (SSSR count). The summed E-state index contributed by atoms with van der Waals surface area (Å²) >= 11 is 0. The van der Waals surface area contributed by atoms with Gasteiger partial charge < -0.3 is 10.1 Å². The van der Waals surface area contributed by atoms with Gasteiger partial charge in [0.25, 0.3) is 5.91 Å². The minimum absolute atomic E-state index is 0.141. The van der Waals surface area contributed by atoms with Gasteiger partial charge in [0.1, 0.15) is 11.6 Å². The Morgan fingerprint density at radius 1 is 0.829 bits per heavy atom. The monoisotopic (exact) mass is 461 g/mol. The van der Waals surface area contributed by atoms with E-state index in [2.05, 4.69) is 46.3 Å². The number of benzene rings is 4. The van der Waals surface area contributed by atoms with E-state index in [-0.39, 0.29) is 5.91 Å². The fraction of sp³-hybridized carbons (Fsp3) is 0.133. The number of anilines is 1. The molecule has 0 unspecified atom stereocenters. The number of fused-ring (bicyclic) bond motifs is 1. The van der Waals surface area contributed by atoms with Gasteiger partial charge in [-0.05, 0) is 79.6 Å². The summed E-state index contributed by atoms with van der Waals surface area (Å²) in [6, 6.07) is 33.8.